The highest BCUT2D eigenvalue weighted by Crippen LogP contribution is 2.62. The second-order valence-electron chi connectivity index (χ2n) is 34.0. The Morgan fingerprint density at radius 1 is 0.182 bits per heavy atom. The zero-order chi connectivity index (χ0) is 80.5. The summed E-state index contributed by atoms with van der Waals surface area (Å²) in [7, 11) is 0. The molecule has 20 aromatic carbocycles. The maximum absolute atomic E-state index is 2.59. The van der Waals surface area contributed by atoms with Crippen LogP contribution in [-0.4, -0.2) is 0 Å². The van der Waals surface area contributed by atoms with Gasteiger partial charge < -0.3 is 9.80 Å². The van der Waals surface area contributed by atoms with E-state index in [2.05, 4.69) is 486 Å². The van der Waals surface area contributed by atoms with E-state index >= 15 is 0 Å². The summed E-state index contributed by atoms with van der Waals surface area (Å²) in [5, 5.41) is 9.41. The van der Waals surface area contributed by atoms with Gasteiger partial charge in [0.05, 0.1) is 16.2 Å². The average Bonchev–Trinajstić information content (AvgIpc) is 1.54. The molecule has 121 heavy (non-hydrogen) atoms. The van der Waals surface area contributed by atoms with Gasteiger partial charge in [0.25, 0.3) is 0 Å². The van der Waals surface area contributed by atoms with E-state index in [-0.39, 0.29) is 5.41 Å². The number of hydrogen-bond donors (Lipinski definition) is 0. The minimum Gasteiger partial charge on any atom is -0.310 e. The van der Waals surface area contributed by atoms with Gasteiger partial charge in [-0.1, -0.05) is 391 Å². The van der Waals surface area contributed by atoms with Crippen LogP contribution in [0, 0.1) is 0 Å². The van der Waals surface area contributed by atoms with Crippen molar-refractivity contribution in [3.63, 3.8) is 0 Å². The molecule has 0 heterocycles. The molecule has 0 spiro atoms. The Hall–Kier alpha value is -15.0. The molecule has 0 saturated heterocycles. The van der Waals surface area contributed by atoms with Crippen molar-refractivity contribution >= 4 is 77.2 Å². The fraction of sp³-hybridized carbons (Fsp3) is 0.0588. The molecule has 0 aromatic heterocycles. The minimum atomic E-state index is -0.672. The number of rotatable bonds is 14. The maximum atomic E-state index is 2.59. The topological polar surface area (TPSA) is 6.48 Å². The SMILES string of the molecule is CC(C)(C)c1ccc(N(c2ccc3c(c2)C(c2ccccc2)(c2ccccc2)c2ccccc2-3)c2ccc3c(-c4ccc5c(c4)C(c4ccccc4)(c4ccccc4)c4ccccc4-5)c4cc(N(c5ccccc5)c5ccc6c(c5)C(c5ccccc5)(c5ccccc5)c5ccccc5-6)ccc4c(-c4ccc5c(ccc6ccccc65)c4)c3c2)cc1. The molecule has 570 valence electrons. The first-order chi connectivity index (χ1) is 59.6. The first-order valence-electron chi connectivity index (χ1n) is 42.4. The summed E-state index contributed by atoms with van der Waals surface area (Å²) < 4.78 is 0. The van der Waals surface area contributed by atoms with Crippen molar-refractivity contribution in [3.8, 4) is 55.6 Å². The van der Waals surface area contributed by atoms with Crippen molar-refractivity contribution in [3.05, 3.63) is 527 Å². The molecule has 0 fully saturated rings. The van der Waals surface area contributed by atoms with Crippen LogP contribution in [0.15, 0.2) is 455 Å². The van der Waals surface area contributed by atoms with Gasteiger partial charge in [0.15, 0.2) is 0 Å². The van der Waals surface area contributed by atoms with Crippen LogP contribution in [0.25, 0.3) is 98.7 Å². The Kier molecular flexibility index (Phi) is 16.6. The molecule has 3 aliphatic carbocycles. The van der Waals surface area contributed by atoms with Crippen LogP contribution in [0.3, 0.4) is 0 Å². The Morgan fingerprint density at radius 2 is 0.471 bits per heavy atom. The fourth-order valence-corrected chi connectivity index (χ4v) is 21.6. The summed E-state index contributed by atoms with van der Waals surface area (Å²) in [4.78, 5) is 5.05. The van der Waals surface area contributed by atoms with Crippen LogP contribution >= 0.6 is 0 Å². The van der Waals surface area contributed by atoms with Crippen LogP contribution in [0.5, 0.6) is 0 Å². The van der Waals surface area contributed by atoms with Crippen molar-refractivity contribution in [2.24, 2.45) is 0 Å². The largest absolute Gasteiger partial charge is 0.310 e. The van der Waals surface area contributed by atoms with E-state index in [0.717, 1.165) is 77.9 Å². The number of hydrogen-bond acceptors (Lipinski definition) is 2. The molecule has 0 bridgehead atoms. The highest BCUT2D eigenvalue weighted by Gasteiger charge is 2.50. The Balaban J connectivity index is 0.832. The molecule has 3 aliphatic rings. The zero-order valence-corrected chi connectivity index (χ0v) is 67.7. The molecule has 0 radical (unpaired) electrons. The second kappa shape index (κ2) is 28.1. The van der Waals surface area contributed by atoms with Crippen molar-refractivity contribution in [2.45, 2.75) is 42.4 Å². The molecule has 0 saturated carbocycles. The molecular weight excluding hydrogens is 1460 g/mol. The fourth-order valence-electron chi connectivity index (χ4n) is 21.6. The van der Waals surface area contributed by atoms with E-state index < -0.39 is 16.2 Å². The van der Waals surface area contributed by atoms with E-state index in [1.54, 1.807) is 0 Å². The highest BCUT2D eigenvalue weighted by atomic mass is 15.1. The summed E-state index contributed by atoms with van der Waals surface area (Å²) >= 11 is 0. The van der Waals surface area contributed by atoms with Gasteiger partial charge in [-0.2, -0.15) is 0 Å². The van der Waals surface area contributed by atoms with Crippen LogP contribution in [-0.2, 0) is 21.7 Å². The van der Waals surface area contributed by atoms with Crippen LogP contribution < -0.4 is 9.80 Å². The van der Waals surface area contributed by atoms with Crippen LogP contribution in [0.2, 0.25) is 0 Å². The van der Waals surface area contributed by atoms with E-state index in [4.69, 9.17) is 0 Å². The van der Waals surface area contributed by atoms with Crippen molar-refractivity contribution in [1.82, 2.24) is 0 Å². The van der Waals surface area contributed by atoms with Crippen molar-refractivity contribution < 1.29 is 0 Å². The average molecular weight is 1540 g/mol. The number of para-hydroxylation sites is 1. The molecule has 2 heteroatoms. The molecule has 0 unspecified atom stereocenters. The molecule has 0 atom stereocenters. The standard InChI is InChI=1S/C119H84N2/c1-116(2,3)83-59-61-91(62-60-83)121(95-64-70-103-100-51-29-32-54-110(100)119(113(103)78-95,88-42-19-8-20-43-88)89-44-21-9-22-45-89)93-66-72-105-106(76-93)114(81-57-67-97-80(73-81)56-55-79-33-25-26-48-96(79)97)104-71-65-92(75-107(104)115(105)82-58-68-101-98-49-27-30-52-108(98)117(111(101)74-82,84-34-11-4-12-35-84)85-36-13-5-14-37-85)120(90-46-23-10-24-47-90)94-63-69-102-99-50-28-31-53-109(99)118(112(102)77-94,86-38-15-6-16-39-86)87-40-17-7-18-41-87/h4-78H,1-3H3. The predicted molar refractivity (Wildman–Crippen MR) is 507 cm³/mol. The first-order valence-corrected chi connectivity index (χ1v) is 42.4. The highest BCUT2D eigenvalue weighted by molar-refractivity contribution is 6.24. The Morgan fingerprint density at radius 3 is 0.893 bits per heavy atom. The normalized spacial score (nSPS) is 13.6. The van der Waals surface area contributed by atoms with Gasteiger partial charge in [0.1, 0.15) is 0 Å². The van der Waals surface area contributed by atoms with Crippen molar-refractivity contribution in [2.75, 3.05) is 9.80 Å². The summed E-state index contributed by atoms with van der Waals surface area (Å²) in [5.41, 5.74) is 32.5. The molecule has 0 amide bonds. The number of nitrogens with zero attached hydrogens (tertiary/aromatic N) is 2. The van der Waals surface area contributed by atoms with E-state index in [1.165, 1.54) is 127 Å². The van der Waals surface area contributed by atoms with Gasteiger partial charge in [-0.25, -0.2) is 0 Å². The quantitative estimate of drug-likeness (QED) is 0.0791. The lowest BCUT2D eigenvalue weighted by molar-refractivity contribution is 0.590. The molecule has 0 N–H and O–H groups in total. The molecule has 20 aromatic rings. The van der Waals surface area contributed by atoms with E-state index in [0.29, 0.717) is 0 Å². The Labute approximate surface area is 707 Å². The lowest BCUT2D eigenvalue weighted by Gasteiger charge is -2.35. The second-order valence-corrected chi connectivity index (χ2v) is 34.0. The summed E-state index contributed by atoms with van der Waals surface area (Å²) in [5.74, 6) is 0. The van der Waals surface area contributed by atoms with Crippen LogP contribution in [0.1, 0.15) is 93.1 Å². The lowest BCUT2D eigenvalue weighted by Crippen LogP contribution is -2.28. The number of benzene rings is 20. The smallest absolute Gasteiger partial charge is 0.0714 e. The van der Waals surface area contributed by atoms with Gasteiger partial charge in [-0.05, 0) is 261 Å². The molecular formula is C119H84N2. The van der Waals surface area contributed by atoms with Crippen molar-refractivity contribution in [1.29, 1.82) is 0 Å². The third-order valence-corrected chi connectivity index (χ3v) is 26.8. The van der Waals surface area contributed by atoms with Gasteiger partial charge in [0, 0.05) is 34.1 Å². The predicted octanol–water partition coefficient (Wildman–Crippen LogP) is 31.0. The summed E-state index contributed by atoms with van der Waals surface area (Å²) in [6.45, 7) is 6.94. The zero-order valence-electron chi connectivity index (χ0n) is 67.7. The monoisotopic (exact) mass is 1540 g/mol. The molecule has 23 rings (SSSR count). The molecule has 2 nitrogen and oxygen atoms in total. The third-order valence-electron chi connectivity index (χ3n) is 26.8. The van der Waals surface area contributed by atoms with E-state index in [1.807, 2.05) is 0 Å². The van der Waals surface area contributed by atoms with Gasteiger partial charge in [-0.15, -0.1) is 0 Å². The van der Waals surface area contributed by atoms with Crippen LogP contribution in [0.4, 0.5) is 34.1 Å². The van der Waals surface area contributed by atoms with Gasteiger partial charge in [0.2, 0.25) is 0 Å². The third kappa shape index (κ3) is 10.9. The van der Waals surface area contributed by atoms with Gasteiger partial charge in [-0.3, -0.25) is 0 Å². The van der Waals surface area contributed by atoms with E-state index in [9.17, 15) is 0 Å². The summed E-state index contributed by atoms with van der Waals surface area (Å²) in [6.07, 6.45) is 0. The summed E-state index contributed by atoms with van der Waals surface area (Å²) in [6, 6.07) is 173. The van der Waals surface area contributed by atoms with Gasteiger partial charge >= 0.3 is 0 Å². The maximum Gasteiger partial charge on any atom is 0.0714 e. The Bertz CT molecular complexity index is 7340. The minimum absolute atomic E-state index is 0.0837. The molecule has 0 aliphatic heterocycles. The number of fused-ring (bicyclic) bond motifs is 14. The first kappa shape index (κ1) is 71.4. The number of anilines is 6. The lowest BCUT2D eigenvalue weighted by atomic mass is 9.67.